The van der Waals surface area contributed by atoms with E-state index in [0.717, 1.165) is 11.4 Å². The van der Waals surface area contributed by atoms with E-state index in [1.807, 2.05) is 17.8 Å². The fourth-order valence-corrected chi connectivity index (χ4v) is 2.38. The van der Waals surface area contributed by atoms with Crippen molar-refractivity contribution in [3.8, 4) is 0 Å². The van der Waals surface area contributed by atoms with E-state index in [2.05, 4.69) is 55.3 Å². The summed E-state index contributed by atoms with van der Waals surface area (Å²) in [5.74, 6) is 0.809. The van der Waals surface area contributed by atoms with E-state index in [9.17, 15) is 4.79 Å². The molecule has 0 saturated heterocycles. The van der Waals surface area contributed by atoms with Gasteiger partial charge in [-0.15, -0.1) is 0 Å². The van der Waals surface area contributed by atoms with Gasteiger partial charge < -0.3 is 14.8 Å². The van der Waals surface area contributed by atoms with Crippen LogP contribution in [0.1, 0.15) is 43.8 Å². The lowest BCUT2D eigenvalue weighted by Gasteiger charge is -2.23. The van der Waals surface area contributed by atoms with Crippen molar-refractivity contribution in [3.63, 3.8) is 0 Å². The zero-order valence-corrected chi connectivity index (χ0v) is 14.8. The fraction of sp³-hybridized carbons (Fsp3) is 0.444. The Morgan fingerprint density at radius 3 is 2.26 bits per heavy atom. The highest BCUT2D eigenvalue weighted by Crippen LogP contribution is 2.26. The molecule has 2 amide bonds. The smallest absolute Gasteiger partial charge is 0.317 e. The maximum atomic E-state index is 12.1. The third kappa shape index (κ3) is 3.92. The number of carbonyl (C=O) groups excluding carboxylic acids is 1. The molecule has 2 rings (SSSR count). The van der Waals surface area contributed by atoms with Gasteiger partial charge in [0, 0.05) is 33.5 Å². The van der Waals surface area contributed by atoms with E-state index < -0.39 is 0 Å². The molecule has 0 aliphatic rings. The Morgan fingerprint density at radius 1 is 1.22 bits per heavy atom. The maximum Gasteiger partial charge on any atom is 0.317 e. The lowest BCUT2D eigenvalue weighted by atomic mass is 9.86. The molecule has 2 aromatic rings. The Morgan fingerprint density at radius 2 is 1.83 bits per heavy atom. The maximum absolute atomic E-state index is 12.1. The third-order valence-electron chi connectivity index (χ3n) is 3.90. The normalized spacial score (nSPS) is 12.8. The largest absolute Gasteiger partial charge is 0.336 e. The van der Waals surface area contributed by atoms with Crippen LogP contribution in [0.4, 0.5) is 4.79 Å². The number of aryl methyl sites for hydroxylation is 1. The summed E-state index contributed by atoms with van der Waals surface area (Å²) in [5, 5.41) is 3.04. The molecule has 5 nitrogen and oxygen atoms in total. The van der Waals surface area contributed by atoms with Gasteiger partial charge in [0.25, 0.3) is 0 Å². The predicted molar refractivity (Wildman–Crippen MR) is 92.4 cm³/mol. The number of hydrogen-bond acceptors (Lipinski definition) is 2. The highest BCUT2D eigenvalue weighted by atomic mass is 16.2. The topological polar surface area (TPSA) is 50.2 Å². The van der Waals surface area contributed by atoms with Crippen molar-refractivity contribution in [1.29, 1.82) is 0 Å². The molecule has 1 N–H and O–H groups in total. The number of amides is 2. The summed E-state index contributed by atoms with van der Waals surface area (Å²) >= 11 is 0. The minimum atomic E-state index is -0.279. The molecule has 0 aliphatic heterocycles. The lowest BCUT2D eigenvalue weighted by molar-refractivity contribution is 0.214. The number of benzene rings is 1. The van der Waals surface area contributed by atoms with Crippen LogP contribution < -0.4 is 5.32 Å². The molecular formula is C18H26N4O. The van der Waals surface area contributed by atoms with Crippen molar-refractivity contribution in [2.24, 2.45) is 7.05 Å². The summed E-state index contributed by atoms with van der Waals surface area (Å²) in [6.07, 6.45) is 3.63. The molecule has 23 heavy (non-hydrogen) atoms. The van der Waals surface area contributed by atoms with E-state index in [1.165, 1.54) is 10.5 Å². The Kier molecular flexibility index (Phi) is 4.78. The average Bonchev–Trinajstić information content (AvgIpc) is 2.89. The van der Waals surface area contributed by atoms with Crippen LogP contribution in [0.2, 0.25) is 0 Å². The van der Waals surface area contributed by atoms with Gasteiger partial charge in [0.05, 0.1) is 0 Å². The highest BCUT2D eigenvalue weighted by molar-refractivity contribution is 5.74. The van der Waals surface area contributed by atoms with Crippen LogP contribution in [0.5, 0.6) is 0 Å². The quantitative estimate of drug-likeness (QED) is 0.946. The first-order valence-corrected chi connectivity index (χ1v) is 7.75. The van der Waals surface area contributed by atoms with E-state index in [0.29, 0.717) is 0 Å². The summed E-state index contributed by atoms with van der Waals surface area (Å²) in [6, 6.07) is 7.95. The molecule has 0 bridgehead atoms. The number of nitrogens with one attached hydrogen (secondary N) is 1. The third-order valence-corrected chi connectivity index (χ3v) is 3.90. The molecule has 1 aromatic heterocycles. The van der Waals surface area contributed by atoms with Crippen LogP contribution in [-0.2, 0) is 12.5 Å². The van der Waals surface area contributed by atoms with E-state index in [4.69, 9.17) is 0 Å². The van der Waals surface area contributed by atoms with Crippen molar-refractivity contribution >= 4 is 6.03 Å². The molecule has 1 heterocycles. The van der Waals surface area contributed by atoms with Gasteiger partial charge in [0.2, 0.25) is 0 Å². The molecule has 1 unspecified atom stereocenters. The number of aromatic nitrogens is 2. The van der Waals surface area contributed by atoms with Gasteiger partial charge in [-0.1, -0.05) is 45.0 Å². The second-order valence-corrected chi connectivity index (χ2v) is 7.05. The zero-order chi connectivity index (χ0) is 17.2. The molecular weight excluding hydrogens is 288 g/mol. The van der Waals surface area contributed by atoms with Crippen molar-refractivity contribution in [1.82, 2.24) is 19.8 Å². The summed E-state index contributed by atoms with van der Waals surface area (Å²) in [6.45, 7) is 6.56. The van der Waals surface area contributed by atoms with Gasteiger partial charge in [0.15, 0.2) is 0 Å². The van der Waals surface area contributed by atoms with E-state index >= 15 is 0 Å². The fourth-order valence-electron chi connectivity index (χ4n) is 2.38. The molecule has 5 heteroatoms. The highest BCUT2D eigenvalue weighted by Gasteiger charge is 2.22. The first kappa shape index (κ1) is 17.1. The lowest BCUT2D eigenvalue weighted by Crippen LogP contribution is -2.38. The average molecular weight is 314 g/mol. The van der Waals surface area contributed by atoms with Crippen LogP contribution in [0, 0.1) is 0 Å². The van der Waals surface area contributed by atoms with Gasteiger partial charge >= 0.3 is 6.03 Å². The minimum Gasteiger partial charge on any atom is -0.336 e. The first-order chi connectivity index (χ1) is 10.7. The SMILES string of the molecule is CN(C)C(=O)NC(c1ccc(C(C)(C)C)cc1)c1nccn1C. The molecule has 0 aliphatic carbocycles. The summed E-state index contributed by atoms with van der Waals surface area (Å²) in [4.78, 5) is 18.1. The molecule has 1 aromatic carbocycles. The van der Waals surface area contributed by atoms with Crippen LogP contribution in [0.15, 0.2) is 36.7 Å². The Hall–Kier alpha value is -2.30. The monoisotopic (exact) mass is 314 g/mol. The second kappa shape index (κ2) is 6.44. The number of urea groups is 1. The minimum absolute atomic E-state index is 0.101. The summed E-state index contributed by atoms with van der Waals surface area (Å²) in [7, 11) is 5.39. The van der Waals surface area contributed by atoms with E-state index in [-0.39, 0.29) is 17.5 Å². The van der Waals surface area contributed by atoms with Gasteiger partial charge in [-0.2, -0.15) is 0 Å². The van der Waals surface area contributed by atoms with Crippen LogP contribution >= 0.6 is 0 Å². The van der Waals surface area contributed by atoms with Crippen LogP contribution in [0.25, 0.3) is 0 Å². The van der Waals surface area contributed by atoms with Crippen molar-refractivity contribution in [2.75, 3.05) is 14.1 Å². The van der Waals surface area contributed by atoms with Crippen LogP contribution in [-0.4, -0.2) is 34.6 Å². The number of imidazole rings is 1. The van der Waals surface area contributed by atoms with Gasteiger partial charge in [-0.25, -0.2) is 9.78 Å². The van der Waals surface area contributed by atoms with Gasteiger partial charge in [-0.05, 0) is 16.5 Å². The predicted octanol–water partition coefficient (Wildman–Crippen LogP) is 3.08. The molecule has 0 saturated carbocycles. The second-order valence-electron chi connectivity index (χ2n) is 7.05. The summed E-state index contributed by atoms with van der Waals surface area (Å²) in [5.41, 5.74) is 2.38. The van der Waals surface area contributed by atoms with Crippen LogP contribution in [0.3, 0.4) is 0 Å². The molecule has 0 spiro atoms. The van der Waals surface area contributed by atoms with Gasteiger partial charge in [0.1, 0.15) is 11.9 Å². The number of rotatable bonds is 3. The molecule has 0 fully saturated rings. The number of carbonyl (C=O) groups is 1. The molecule has 1 atom stereocenters. The van der Waals surface area contributed by atoms with Gasteiger partial charge in [-0.3, -0.25) is 0 Å². The Bertz CT molecular complexity index is 665. The first-order valence-electron chi connectivity index (χ1n) is 7.75. The molecule has 0 radical (unpaired) electrons. The Labute approximate surface area is 138 Å². The summed E-state index contributed by atoms with van der Waals surface area (Å²) < 4.78 is 1.93. The Balaban J connectivity index is 2.38. The van der Waals surface area contributed by atoms with Crippen molar-refractivity contribution < 1.29 is 4.79 Å². The van der Waals surface area contributed by atoms with Crippen molar-refractivity contribution in [3.05, 3.63) is 53.6 Å². The zero-order valence-electron chi connectivity index (χ0n) is 14.8. The number of hydrogen-bond donors (Lipinski definition) is 1. The van der Waals surface area contributed by atoms with E-state index in [1.54, 1.807) is 20.3 Å². The number of nitrogens with zero attached hydrogens (tertiary/aromatic N) is 3. The van der Waals surface area contributed by atoms with Crippen molar-refractivity contribution in [2.45, 2.75) is 32.2 Å². The molecule has 124 valence electrons. The standard InChI is InChI=1S/C18H26N4O/c1-18(2,3)14-9-7-13(8-10-14)15(20-17(23)21(4)5)16-19-11-12-22(16)6/h7-12,15H,1-6H3,(H,20,23).